The summed E-state index contributed by atoms with van der Waals surface area (Å²) in [6.07, 6.45) is -1.19. The second kappa shape index (κ2) is 5.99. The Hall–Kier alpha value is -2.59. The van der Waals surface area contributed by atoms with E-state index in [0.29, 0.717) is 0 Å². The third kappa shape index (κ3) is 5.11. The summed E-state index contributed by atoms with van der Waals surface area (Å²) in [5.74, 6) is 8.76. The number of hydrogen-bond acceptors (Lipinski definition) is 7. The molecule has 0 saturated heterocycles. The van der Waals surface area contributed by atoms with E-state index in [4.69, 9.17) is 23.2 Å². The van der Waals surface area contributed by atoms with E-state index >= 15 is 0 Å². The molecule has 10 N–H and O–H groups in total. The van der Waals surface area contributed by atoms with Crippen molar-refractivity contribution in [3.8, 4) is 0 Å². The van der Waals surface area contributed by atoms with Gasteiger partial charge in [-0.1, -0.05) is 0 Å². The molecule has 14 heavy (non-hydrogen) atoms. The van der Waals surface area contributed by atoms with E-state index in [2.05, 4.69) is 19.9 Å². The zero-order valence-corrected chi connectivity index (χ0v) is 6.93. The van der Waals surface area contributed by atoms with Crippen LogP contribution >= 0.6 is 0 Å². The van der Waals surface area contributed by atoms with Gasteiger partial charge in [-0.15, -0.1) is 10.2 Å². The third-order valence-corrected chi connectivity index (χ3v) is 0.756. The van der Waals surface area contributed by atoms with Gasteiger partial charge in [-0.2, -0.15) is 15.8 Å². The van der Waals surface area contributed by atoms with Crippen LogP contribution < -0.4 is 34.1 Å². The number of nitrogens with zero attached hydrogens (tertiary/aromatic N) is 2. The molecule has 0 amide bonds. The average Bonchev–Trinajstić information content (AvgIpc) is 2.22. The van der Waals surface area contributed by atoms with Gasteiger partial charge in [-0.05, 0) is 0 Å². The number of carbonyl (C=O) groups excluding carboxylic acids is 1. The zero-order chi connectivity index (χ0) is 11.0. The molecule has 0 aromatic heterocycles. The molecule has 0 saturated carbocycles. The maximum atomic E-state index is 10.6. The Balaban J connectivity index is 3.67. The number of carbonyl (C=O) groups is 1. The van der Waals surface area contributed by atoms with Crippen LogP contribution in [0.5, 0.6) is 0 Å². The lowest BCUT2D eigenvalue weighted by Gasteiger charge is -2.05. The topological polar surface area (TPSA) is 188 Å². The SMILES string of the molecule is NN=C(N)NOC(=O)ONC(N)=NN. The smallest absolute Gasteiger partial charge is 0.366 e. The molecule has 0 aliphatic rings. The number of nitrogens with one attached hydrogen (secondary N) is 2. The van der Waals surface area contributed by atoms with Crippen LogP contribution in [0, 0.1) is 0 Å². The van der Waals surface area contributed by atoms with Crippen molar-refractivity contribution in [1.29, 1.82) is 0 Å². The molecule has 0 aromatic carbocycles. The Labute approximate surface area is 78.0 Å². The molecule has 0 rings (SSSR count). The van der Waals surface area contributed by atoms with Gasteiger partial charge in [0.2, 0.25) is 11.9 Å². The van der Waals surface area contributed by atoms with Crippen molar-refractivity contribution in [2.75, 3.05) is 0 Å². The second-order valence-electron chi connectivity index (χ2n) is 1.69. The first kappa shape index (κ1) is 11.4. The molecule has 0 atom stereocenters. The van der Waals surface area contributed by atoms with Gasteiger partial charge >= 0.3 is 6.16 Å². The Morgan fingerprint density at radius 1 is 1.00 bits per heavy atom. The van der Waals surface area contributed by atoms with Crippen LogP contribution in [0.1, 0.15) is 0 Å². The van der Waals surface area contributed by atoms with E-state index in [9.17, 15) is 4.79 Å². The Kier molecular flexibility index (Phi) is 4.88. The van der Waals surface area contributed by atoms with Crippen LogP contribution in [0.2, 0.25) is 0 Å². The summed E-state index contributed by atoms with van der Waals surface area (Å²) in [5, 5.41) is 5.87. The van der Waals surface area contributed by atoms with E-state index in [1.807, 2.05) is 11.0 Å². The minimum atomic E-state index is -1.19. The molecule has 0 radical (unpaired) electrons. The van der Waals surface area contributed by atoms with Crippen molar-refractivity contribution in [2.45, 2.75) is 0 Å². The second-order valence-corrected chi connectivity index (χ2v) is 1.69. The van der Waals surface area contributed by atoms with Gasteiger partial charge in [0.1, 0.15) is 0 Å². The first-order chi connectivity index (χ1) is 6.60. The fraction of sp³-hybridized carbons (Fsp3) is 0. The fourth-order valence-electron chi connectivity index (χ4n) is 0.261. The summed E-state index contributed by atoms with van der Waals surface area (Å²) < 4.78 is 0. The highest BCUT2D eigenvalue weighted by atomic mass is 16.9. The lowest BCUT2D eigenvalue weighted by atomic mass is 11.1. The lowest BCUT2D eigenvalue weighted by molar-refractivity contribution is 0.0177. The molecular weight excluding hydrogens is 196 g/mol. The first-order valence-corrected chi connectivity index (χ1v) is 3.06. The molecule has 0 unspecified atom stereocenters. The molecule has 0 bridgehead atoms. The Morgan fingerprint density at radius 2 is 1.36 bits per heavy atom. The molecule has 0 fully saturated rings. The normalized spacial score (nSPS) is 11.7. The third-order valence-electron chi connectivity index (χ3n) is 0.756. The van der Waals surface area contributed by atoms with Gasteiger partial charge in [-0.25, -0.2) is 0 Å². The predicted octanol–water partition coefficient (Wildman–Crippen LogP) is -3.47. The molecule has 11 heteroatoms. The van der Waals surface area contributed by atoms with E-state index in [-0.39, 0.29) is 11.9 Å². The fourth-order valence-corrected chi connectivity index (χ4v) is 0.261. The molecule has 80 valence electrons. The monoisotopic (exact) mass is 206 g/mol. The van der Waals surface area contributed by atoms with Crippen molar-refractivity contribution < 1.29 is 14.5 Å². The highest BCUT2D eigenvalue weighted by Gasteiger charge is 2.05. The maximum absolute atomic E-state index is 10.6. The van der Waals surface area contributed by atoms with Gasteiger partial charge in [0.25, 0.3) is 0 Å². The number of guanidine groups is 2. The highest BCUT2D eigenvalue weighted by molar-refractivity contribution is 5.79. The van der Waals surface area contributed by atoms with E-state index in [0.717, 1.165) is 0 Å². The van der Waals surface area contributed by atoms with Crippen LogP contribution in [-0.2, 0) is 9.68 Å². The summed E-state index contributed by atoms with van der Waals surface area (Å²) in [6, 6.07) is 0. The molecule has 0 aliphatic carbocycles. The van der Waals surface area contributed by atoms with Crippen LogP contribution in [0.15, 0.2) is 10.2 Å². The summed E-state index contributed by atoms with van der Waals surface area (Å²) in [7, 11) is 0. The van der Waals surface area contributed by atoms with Crippen molar-refractivity contribution in [2.24, 2.45) is 33.4 Å². The summed E-state index contributed by atoms with van der Waals surface area (Å²) >= 11 is 0. The predicted molar refractivity (Wildman–Crippen MR) is 45.5 cm³/mol. The van der Waals surface area contributed by atoms with Gasteiger partial charge in [0.15, 0.2) is 0 Å². The van der Waals surface area contributed by atoms with Crippen LogP contribution in [0.3, 0.4) is 0 Å². The van der Waals surface area contributed by atoms with Gasteiger partial charge in [-0.3, -0.25) is 0 Å². The molecule has 0 aliphatic heterocycles. The number of hydrogen-bond donors (Lipinski definition) is 6. The minimum Gasteiger partial charge on any atom is -0.366 e. The summed E-state index contributed by atoms with van der Waals surface area (Å²) in [5.41, 5.74) is 13.7. The summed E-state index contributed by atoms with van der Waals surface area (Å²) in [6.45, 7) is 0. The molecule has 11 nitrogen and oxygen atoms in total. The number of rotatable bonds is 0. The van der Waals surface area contributed by atoms with Gasteiger partial charge in [0, 0.05) is 0 Å². The lowest BCUT2D eigenvalue weighted by Crippen LogP contribution is -2.39. The van der Waals surface area contributed by atoms with Crippen LogP contribution in [-0.4, -0.2) is 18.1 Å². The first-order valence-electron chi connectivity index (χ1n) is 3.06. The van der Waals surface area contributed by atoms with Crippen molar-refractivity contribution in [1.82, 2.24) is 11.0 Å². The maximum Gasteiger partial charge on any atom is 0.558 e. The van der Waals surface area contributed by atoms with Crippen LogP contribution in [0.25, 0.3) is 0 Å². The zero-order valence-electron chi connectivity index (χ0n) is 6.93. The van der Waals surface area contributed by atoms with Crippen molar-refractivity contribution in [3.05, 3.63) is 0 Å². The van der Waals surface area contributed by atoms with Crippen molar-refractivity contribution in [3.63, 3.8) is 0 Å². The van der Waals surface area contributed by atoms with Crippen molar-refractivity contribution >= 4 is 18.1 Å². The Bertz CT molecular complexity index is 224. The number of nitrogens with two attached hydrogens (primary N) is 4. The van der Waals surface area contributed by atoms with Crippen LogP contribution in [0.4, 0.5) is 4.79 Å². The minimum absolute atomic E-state index is 0.317. The molecular formula is C3H10N8O3. The van der Waals surface area contributed by atoms with Gasteiger partial charge < -0.3 is 32.8 Å². The summed E-state index contributed by atoms with van der Waals surface area (Å²) in [4.78, 5) is 18.9. The average molecular weight is 206 g/mol. The van der Waals surface area contributed by atoms with Gasteiger partial charge in [0.05, 0.1) is 0 Å². The largest absolute Gasteiger partial charge is 0.558 e. The van der Waals surface area contributed by atoms with E-state index < -0.39 is 6.16 Å². The van der Waals surface area contributed by atoms with E-state index in [1.54, 1.807) is 0 Å². The number of hydrazone groups is 2. The standard InChI is InChI=1S/C3H10N8O3/c4-1(8-6)10-13-3(12)14-11-2(5)9-7/h6-7H2,(H3,4,8,10)(H3,5,9,11). The van der Waals surface area contributed by atoms with E-state index in [1.165, 1.54) is 0 Å². The molecule has 0 heterocycles. The Morgan fingerprint density at radius 3 is 1.64 bits per heavy atom. The highest BCUT2D eigenvalue weighted by Crippen LogP contribution is 1.76. The molecule has 0 spiro atoms. The quantitative estimate of drug-likeness (QED) is 0.101. The molecule has 0 aromatic rings. The number of hydroxylamine groups is 2.